The standard InChI is InChI=1S/C15H24N2O3S/c1-17(14-7-2-3-8-15(14)18)21(19,20)11-13-6-4-5-12(9-13)10-16/h4-6,9,14-15,18H,2-3,7-8,10-11,16H2,1H3. The molecule has 6 heteroatoms. The van der Waals surface area contributed by atoms with Crippen LogP contribution in [0.2, 0.25) is 0 Å². The number of hydrogen-bond acceptors (Lipinski definition) is 4. The van der Waals surface area contributed by atoms with Gasteiger partial charge in [0.15, 0.2) is 0 Å². The maximum atomic E-state index is 12.5. The van der Waals surface area contributed by atoms with Crippen molar-refractivity contribution >= 4 is 10.0 Å². The number of benzene rings is 1. The summed E-state index contributed by atoms with van der Waals surface area (Å²) in [6.07, 6.45) is 2.76. The lowest BCUT2D eigenvalue weighted by molar-refractivity contribution is 0.0637. The zero-order valence-corrected chi connectivity index (χ0v) is 13.2. The summed E-state index contributed by atoms with van der Waals surface area (Å²) in [6, 6.07) is 7.01. The van der Waals surface area contributed by atoms with Gasteiger partial charge in [0.05, 0.1) is 17.9 Å². The van der Waals surface area contributed by atoms with Gasteiger partial charge in [-0.3, -0.25) is 0 Å². The predicted octanol–water partition coefficient (Wildman–Crippen LogP) is 1.21. The van der Waals surface area contributed by atoms with E-state index in [-0.39, 0.29) is 11.8 Å². The molecule has 1 aromatic rings. The van der Waals surface area contributed by atoms with Crippen LogP contribution in [0.3, 0.4) is 0 Å². The van der Waals surface area contributed by atoms with Crippen molar-refractivity contribution in [3.63, 3.8) is 0 Å². The number of nitrogens with zero attached hydrogens (tertiary/aromatic N) is 1. The lowest BCUT2D eigenvalue weighted by Crippen LogP contribution is -2.46. The molecule has 0 heterocycles. The Hall–Kier alpha value is -0.950. The summed E-state index contributed by atoms with van der Waals surface area (Å²) < 4.78 is 26.4. The van der Waals surface area contributed by atoms with Crippen molar-refractivity contribution in [2.24, 2.45) is 5.73 Å². The normalized spacial score (nSPS) is 23.4. The number of sulfonamides is 1. The van der Waals surface area contributed by atoms with Gasteiger partial charge in [-0.15, -0.1) is 0 Å². The lowest BCUT2D eigenvalue weighted by Gasteiger charge is -2.34. The second-order valence-electron chi connectivity index (χ2n) is 5.72. The van der Waals surface area contributed by atoms with Crippen LogP contribution in [-0.2, 0) is 22.3 Å². The molecule has 0 amide bonds. The molecule has 1 saturated carbocycles. The molecule has 2 rings (SSSR count). The van der Waals surface area contributed by atoms with Crippen LogP contribution in [0, 0.1) is 0 Å². The van der Waals surface area contributed by atoms with Gasteiger partial charge in [0.25, 0.3) is 0 Å². The Morgan fingerprint density at radius 1 is 1.29 bits per heavy atom. The Kier molecular flexibility index (Phi) is 5.37. The van der Waals surface area contributed by atoms with Gasteiger partial charge in [-0.05, 0) is 24.0 Å². The van der Waals surface area contributed by atoms with E-state index in [1.54, 1.807) is 13.1 Å². The molecule has 0 radical (unpaired) electrons. The van der Waals surface area contributed by atoms with E-state index in [1.807, 2.05) is 18.2 Å². The Morgan fingerprint density at radius 2 is 1.95 bits per heavy atom. The molecule has 21 heavy (non-hydrogen) atoms. The van der Waals surface area contributed by atoms with Crippen molar-refractivity contribution in [3.8, 4) is 0 Å². The second kappa shape index (κ2) is 6.87. The van der Waals surface area contributed by atoms with E-state index in [2.05, 4.69) is 0 Å². The summed E-state index contributed by atoms with van der Waals surface area (Å²) in [6.45, 7) is 0.394. The molecule has 1 aliphatic rings. The van der Waals surface area contributed by atoms with Crippen LogP contribution in [0.15, 0.2) is 24.3 Å². The molecule has 0 aromatic heterocycles. The number of aliphatic hydroxyl groups is 1. The minimum absolute atomic E-state index is 0.0550. The SMILES string of the molecule is CN(C1CCCCC1O)S(=O)(=O)Cc1cccc(CN)c1. The fourth-order valence-corrected chi connectivity index (χ4v) is 4.34. The molecule has 0 saturated heterocycles. The Labute approximate surface area is 126 Å². The third-order valence-corrected chi connectivity index (χ3v) is 6.02. The molecule has 1 aromatic carbocycles. The minimum atomic E-state index is -3.44. The van der Waals surface area contributed by atoms with Gasteiger partial charge in [-0.25, -0.2) is 8.42 Å². The molecule has 118 valence electrons. The smallest absolute Gasteiger partial charge is 0.218 e. The van der Waals surface area contributed by atoms with E-state index in [0.29, 0.717) is 13.0 Å². The van der Waals surface area contributed by atoms with E-state index >= 15 is 0 Å². The van der Waals surface area contributed by atoms with Gasteiger partial charge < -0.3 is 10.8 Å². The number of likely N-dealkylation sites (N-methyl/N-ethyl adjacent to an activating group) is 1. The van der Waals surface area contributed by atoms with E-state index in [0.717, 1.165) is 30.4 Å². The average molecular weight is 312 g/mol. The highest BCUT2D eigenvalue weighted by atomic mass is 32.2. The molecule has 3 N–H and O–H groups in total. The molecule has 2 atom stereocenters. The summed E-state index contributed by atoms with van der Waals surface area (Å²) in [5.41, 5.74) is 7.24. The van der Waals surface area contributed by atoms with Crippen LogP contribution >= 0.6 is 0 Å². The number of hydrogen-bond donors (Lipinski definition) is 2. The monoisotopic (exact) mass is 312 g/mol. The number of nitrogens with two attached hydrogens (primary N) is 1. The Balaban J connectivity index is 2.13. The maximum Gasteiger partial charge on any atom is 0.218 e. The summed E-state index contributed by atoms with van der Waals surface area (Å²) >= 11 is 0. The van der Waals surface area contributed by atoms with Gasteiger partial charge >= 0.3 is 0 Å². The van der Waals surface area contributed by atoms with Gasteiger partial charge in [-0.1, -0.05) is 37.1 Å². The third-order valence-electron chi connectivity index (χ3n) is 4.18. The van der Waals surface area contributed by atoms with E-state index in [9.17, 15) is 13.5 Å². The van der Waals surface area contributed by atoms with Crippen molar-refractivity contribution in [1.29, 1.82) is 0 Å². The second-order valence-corrected chi connectivity index (χ2v) is 7.74. The Bertz CT molecular complexity index is 574. The lowest BCUT2D eigenvalue weighted by atomic mass is 9.93. The molecular weight excluding hydrogens is 288 g/mol. The number of aliphatic hydroxyl groups excluding tert-OH is 1. The fraction of sp³-hybridized carbons (Fsp3) is 0.600. The first-order chi connectivity index (χ1) is 9.94. The van der Waals surface area contributed by atoms with Crippen molar-refractivity contribution in [3.05, 3.63) is 35.4 Å². The zero-order chi connectivity index (χ0) is 15.5. The molecule has 2 unspecified atom stereocenters. The minimum Gasteiger partial charge on any atom is -0.391 e. The first-order valence-electron chi connectivity index (χ1n) is 7.35. The molecular formula is C15H24N2O3S. The quantitative estimate of drug-likeness (QED) is 0.856. The van der Waals surface area contributed by atoms with Gasteiger partial charge in [0.1, 0.15) is 0 Å². The summed E-state index contributed by atoms with van der Waals surface area (Å²) in [4.78, 5) is 0. The highest BCUT2D eigenvalue weighted by molar-refractivity contribution is 7.88. The average Bonchev–Trinajstić information content (AvgIpc) is 2.47. The van der Waals surface area contributed by atoms with Crippen LogP contribution in [0.4, 0.5) is 0 Å². The molecule has 1 fully saturated rings. The van der Waals surface area contributed by atoms with Crippen molar-refractivity contribution in [1.82, 2.24) is 4.31 Å². The van der Waals surface area contributed by atoms with Crippen molar-refractivity contribution in [2.75, 3.05) is 7.05 Å². The zero-order valence-electron chi connectivity index (χ0n) is 12.4. The van der Waals surface area contributed by atoms with Gasteiger partial charge in [0.2, 0.25) is 10.0 Å². The third kappa shape index (κ3) is 4.03. The highest BCUT2D eigenvalue weighted by Crippen LogP contribution is 2.25. The summed E-state index contributed by atoms with van der Waals surface area (Å²) in [5.74, 6) is -0.0550. The number of rotatable bonds is 5. The summed E-state index contributed by atoms with van der Waals surface area (Å²) in [5, 5.41) is 10.0. The largest absolute Gasteiger partial charge is 0.391 e. The maximum absolute atomic E-state index is 12.5. The molecule has 0 bridgehead atoms. The van der Waals surface area contributed by atoms with Gasteiger partial charge in [-0.2, -0.15) is 4.31 Å². The van der Waals surface area contributed by atoms with Crippen LogP contribution in [-0.4, -0.2) is 37.0 Å². The van der Waals surface area contributed by atoms with Crippen LogP contribution < -0.4 is 5.73 Å². The fourth-order valence-electron chi connectivity index (χ4n) is 2.88. The topological polar surface area (TPSA) is 83.6 Å². The van der Waals surface area contributed by atoms with Crippen LogP contribution in [0.5, 0.6) is 0 Å². The molecule has 5 nitrogen and oxygen atoms in total. The molecule has 0 aliphatic heterocycles. The van der Waals surface area contributed by atoms with E-state index in [1.165, 1.54) is 4.31 Å². The molecule has 0 spiro atoms. The first kappa shape index (κ1) is 16.4. The predicted molar refractivity (Wildman–Crippen MR) is 83.0 cm³/mol. The van der Waals surface area contributed by atoms with Gasteiger partial charge in [0, 0.05) is 13.6 Å². The van der Waals surface area contributed by atoms with Crippen LogP contribution in [0.1, 0.15) is 36.8 Å². The summed E-state index contributed by atoms with van der Waals surface area (Å²) in [7, 11) is -1.87. The molecule has 1 aliphatic carbocycles. The van der Waals surface area contributed by atoms with Crippen LogP contribution in [0.25, 0.3) is 0 Å². The van der Waals surface area contributed by atoms with Crippen molar-refractivity contribution < 1.29 is 13.5 Å². The van der Waals surface area contributed by atoms with E-state index < -0.39 is 16.1 Å². The highest BCUT2D eigenvalue weighted by Gasteiger charge is 2.33. The Morgan fingerprint density at radius 3 is 2.62 bits per heavy atom. The van der Waals surface area contributed by atoms with E-state index in [4.69, 9.17) is 5.73 Å². The first-order valence-corrected chi connectivity index (χ1v) is 8.96. The van der Waals surface area contributed by atoms with Crippen molar-refractivity contribution in [2.45, 2.75) is 50.1 Å².